The molecule has 2 rings (SSSR count). The first-order chi connectivity index (χ1) is 12.4. The smallest absolute Gasteiger partial charge is 0.326 e. The highest BCUT2D eigenvalue weighted by Crippen LogP contribution is 2.19. The zero-order valence-electron chi connectivity index (χ0n) is 14.0. The van der Waals surface area contributed by atoms with Crippen molar-refractivity contribution in [3.05, 3.63) is 69.8 Å². The number of para-hydroxylation sites is 1. The van der Waals surface area contributed by atoms with Gasteiger partial charge >= 0.3 is 5.97 Å². The molecule has 8 heteroatoms. The number of nitrogens with zero attached hydrogens (tertiary/aromatic N) is 1. The van der Waals surface area contributed by atoms with Gasteiger partial charge in [0.25, 0.3) is 5.69 Å². The molecule has 1 amide bonds. The van der Waals surface area contributed by atoms with E-state index < -0.39 is 22.8 Å². The summed E-state index contributed by atoms with van der Waals surface area (Å²) >= 11 is 0. The lowest BCUT2D eigenvalue weighted by atomic mass is 10.0. The van der Waals surface area contributed by atoms with Crippen molar-refractivity contribution in [1.29, 1.82) is 0 Å². The highest BCUT2D eigenvalue weighted by molar-refractivity contribution is 5.85. The van der Waals surface area contributed by atoms with Crippen LogP contribution in [-0.4, -0.2) is 35.1 Å². The first-order valence-electron chi connectivity index (χ1n) is 7.78. The van der Waals surface area contributed by atoms with Gasteiger partial charge in [-0.15, -0.1) is 0 Å². The summed E-state index contributed by atoms with van der Waals surface area (Å²) in [6, 6.07) is 11.5. The molecule has 0 aliphatic heterocycles. The van der Waals surface area contributed by atoms with Crippen molar-refractivity contribution in [3.63, 3.8) is 0 Å². The fourth-order valence-corrected chi connectivity index (χ4v) is 2.50. The van der Waals surface area contributed by atoms with E-state index in [4.69, 9.17) is 4.74 Å². The topological polar surface area (TPSA) is 119 Å². The summed E-state index contributed by atoms with van der Waals surface area (Å²) in [5.41, 5.74) is 0.954. The summed E-state index contributed by atoms with van der Waals surface area (Å²) in [7, 11) is 1.48. The standard InChI is InChI=1S/C18H18N2O6/c1-26-16-8-3-2-6-13(16)11-15(18(22)23)19-17(21)10-12-5-4-7-14(9-12)20(24)25/h2-9,15H,10-11H2,1H3,(H,19,21)(H,22,23)/t15-/m1/s1. The molecular formula is C18H18N2O6. The number of carbonyl (C=O) groups is 2. The number of ether oxygens (including phenoxy) is 1. The number of rotatable bonds is 8. The molecule has 26 heavy (non-hydrogen) atoms. The second kappa shape index (κ2) is 8.61. The second-order valence-electron chi connectivity index (χ2n) is 5.58. The van der Waals surface area contributed by atoms with Crippen molar-refractivity contribution in [2.45, 2.75) is 18.9 Å². The number of aliphatic carboxylic acids is 1. The highest BCUT2D eigenvalue weighted by atomic mass is 16.6. The van der Waals surface area contributed by atoms with Gasteiger partial charge in [0.15, 0.2) is 0 Å². The van der Waals surface area contributed by atoms with Crippen LogP contribution in [0.5, 0.6) is 5.75 Å². The van der Waals surface area contributed by atoms with Gasteiger partial charge in [-0.2, -0.15) is 0 Å². The molecule has 0 radical (unpaired) electrons. The average Bonchev–Trinajstić information content (AvgIpc) is 2.61. The van der Waals surface area contributed by atoms with E-state index in [1.165, 1.54) is 25.3 Å². The minimum Gasteiger partial charge on any atom is -0.496 e. The molecule has 2 N–H and O–H groups in total. The number of hydrogen-bond donors (Lipinski definition) is 2. The van der Waals surface area contributed by atoms with Gasteiger partial charge in [-0.1, -0.05) is 30.3 Å². The third kappa shape index (κ3) is 5.04. The summed E-state index contributed by atoms with van der Waals surface area (Å²) in [6.45, 7) is 0. The third-order valence-corrected chi connectivity index (χ3v) is 3.74. The van der Waals surface area contributed by atoms with Crippen LogP contribution in [-0.2, 0) is 22.4 Å². The fourth-order valence-electron chi connectivity index (χ4n) is 2.50. The average molecular weight is 358 g/mol. The third-order valence-electron chi connectivity index (χ3n) is 3.74. The van der Waals surface area contributed by atoms with Gasteiger partial charge in [0.05, 0.1) is 18.5 Å². The Kier molecular flexibility index (Phi) is 6.26. The van der Waals surface area contributed by atoms with Gasteiger partial charge < -0.3 is 15.2 Å². The quantitative estimate of drug-likeness (QED) is 0.550. The molecule has 136 valence electrons. The Hall–Kier alpha value is -3.42. The number of carbonyl (C=O) groups excluding carboxylic acids is 1. The molecule has 0 heterocycles. The Balaban J connectivity index is 2.07. The molecule has 0 saturated carbocycles. The molecule has 0 fully saturated rings. The number of nitro groups is 1. The van der Waals surface area contributed by atoms with Crippen molar-refractivity contribution in [2.24, 2.45) is 0 Å². The largest absolute Gasteiger partial charge is 0.496 e. The Morgan fingerprint density at radius 1 is 1.23 bits per heavy atom. The van der Waals surface area contributed by atoms with Crippen molar-refractivity contribution in [1.82, 2.24) is 5.32 Å². The molecule has 0 bridgehead atoms. The number of benzene rings is 2. The SMILES string of the molecule is COc1ccccc1C[C@@H](NC(=O)Cc1cccc([N+](=O)[O-])c1)C(=O)O. The minimum absolute atomic E-state index is 0.0556. The summed E-state index contributed by atoms with van der Waals surface area (Å²) < 4.78 is 5.19. The predicted molar refractivity (Wildman–Crippen MR) is 93.1 cm³/mol. The zero-order valence-corrected chi connectivity index (χ0v) is 14.0. The molecule has 8 nitrogen and oxygen atoms in total. The molecule has 0 aliphatic rings. The lowest BCUT2D eigenvalue weighted by Crippen LogP contribution is -2.43. The number of carboxylic acids is 1. The number of carboxylic acid groups (broad SMARTS) is 1. The van der Waals surface area contributed by atoms with Crippen LogP contribution in [0.4, 0.5) is 5.69 Å². The molecule has 2 aromatic rings. The number of amides is 1. The van der Waals surface area contributed by atoms with Crippen LogP contribution >= 0.6 is 0 Å². The van der Waals surface area contributed by atoms with Crippen LogP contribution in [0.1, 0.15) is 11.1 Å². The molecule has 0 spiro atoms. The molecule has 0 aromatic heterocycles. The Morgan fingerprint density at radius 2 is 1.96 bits per heavy atom. The summed E-state index contributed by atoms with van der Waals surface area (Å²) in [5, 5.41) is 22.6. The molecular weight excluding hydrogens is 340 g/mol. The fraction of sp³-hybridized carbons (Fsp3) is 0.222. The molecule has 0 unspecified atom stereocenters. The van der Waals surface area contributed by atoms with Crippen LogP contribution in [0.2, 0.25) is 0 Å². The predicted octanol–water partition coefficient (Wildman–Crippen LogP) is 1.96. The Morgan fingerprint density at radius 3 is 2.62 bits per heavy atom. The van der Waals surface area contributed by atoms with Crippen molar-refractivity contribution in [3.8, 4) is 5.75 Å². The maximum atomic E-state index is 12.2. The van der Waals surface area contributed by atoms with Gasteiger partial charge in [0, 0.05) is 18.6 Å². The summed E-state index contributed by atoms with van der Waals surface area (Å²) in [6.07, 6.45) is -0.0998. The summed E-state index contributed by atoms with van der Waals surface area (Å²) in [5.74, 6) is -1.18. The number of nitrogens with one attached hydrogen (secondary N) is 1. The zero-order chi connectivity index (χ0) is 19.1. The van der Waals surface area contributed by atoms with Crippen molar-refractivity contribution < 1.29 is 24.4 Å². The Bertz CT molecular complexity index is 821. The first kappa shape index (κ1) is 18.9. The number of non-ortho nitro benzene ring substituents is 1. The van der Waals surface area contributed by atoms with E-state index in [1.807, 2.05) is 0 Å². The number of hydrogen-bond acceptors (Lipinski definition) is 5. The molecule has 0 saturated heterocycles. The summed E-state index contributed by atoms with van der Waals surface area (Å²) in [4.78, 5) is 33.9. The van der Waals surface area contributed by atoms with Crippen LogP contribution in [0.15, 0.2) is 48.5 Å². The van der Waals surface area contributed by atoms with Crippen LogP contribution in [0, 0.1) is 10.1 Å². The van der Waals surface area contributed by atoms with Gasteiger partial charge in [-0.25, -0.2) is 4.79 Å². The van der Waals surface area contributed by atoms with E-state index >= 15 is 0 Å². The van der Waals surface area contributed by atoms with Crippen LogP contribution in [0.3, 0.4) is 0 Å². The maximum absolute atomic E-state index is 12.2. The molecule has 2 aromatic carbocycles. The highest BCUT2D eigenvalue weighted by Gasteiger charge is 2.22. The van der Waals surface area contributed by atoms with Gasteiger partial charge in [-0.3, -0.25) is 14.9 Å². The first-order valence-corrected chi connectivity index (χ1v) is 7.78. The number of nitro benzene ring substituents is 1. The molecule has 1 atom stereocenters. The van der Waals surface area contributed by atoms with E-state index in [1.54, 1.807) is 30.3 Å². The van der Waals surface area contributed by atoms with Crippen LogP contribution < -0.4 is 10.1 Å². The lowest BCUT2D eigenvalue weighted by Gasteiger charge is -2.16. The second-order valence-corrected chi connectivity index (χ2v) is 5.58. The number of methoxy groups -OCH3 is 1. The van der Waals surface area contributed by atoms with E-state index in [9.17, 15) is 24.8 Å². The lowest BCUT2D eigenvalue weighted by molar-refractivity contribution is -0.384. The maximum Gasteiger partial charge on any atom is 0.326 e. The van der Waals surface area contributed by atoms with E-state index in [-0.39, 0.29) is 18.5 Å². The van der Waals surface area contributed by atoms with Crippen molar-refractivity contribution in [2.75, 3.05) is 7.11 Å². The van der Waals surface area contributed by atoms with Gasteiger partial charge in [-0.05, 0) is 17.2 Å². The Labute approximate surface area is 149 Å². The van der Waals surface area contributed by atoms with Gasteiger partial charge in [0.2, 0.25) is 5.91 Å². The van der Waals surface area contributed by atoms with Gasteiger partial charge in [0.1, 0.15) is 11.8 Å². The van der Waals surface area contributed by atoms with E-state index in [2.05, 4.69) is 5.32 Å². The van der Waals surface area contributed by atoms with E-state index in [0.717, 1.165) is 0 Å². The van der Waals surface area contributed by atoms with Crippen LogP contribution in [0.25, 0.3) is 0 Å². The monoisotopic (exact) mass is 358 g/mol. The minimum atomic E-state index is -1.18. The van der Waals surface area contributed by atoms with E-state index in [0.29, 0.717) is 16.9 Å². The molecule has 0 aliphatic carbocycles. The van der Waals surface area contributed by atoms with Crippen molar-refractivity contribution >= 4 is 17.6 Å². The normalized spacial score (nSPS) is 11.4.